The Kier molecular flexibility index (Phi) is 3.38. The first-order valence-corrected chi connectivity index (χ1v) is 6.68. The maximum atomic E-state index is 11.9. The van der Waals surface area contributed by atoms with Crippen LogP contribution in [0.4, 0.5) is 11.6 Å². The number of aryl methyl sites for hydroxylation is 2. The fourth-order valence-corrected chi connectivity index (χ4v) is 2.21. The Morgan fingerprint density at radius 3 is 2.68 bits per heavy atom. The van der Waals surface area contributed by atoms with E-state index in [0.717, 1.165) is 0 Å². The minimum absolute atomic E-state index is 0.210. The number of hydrogen-bond donors (Lipinski definition) is 1. The summed E-state index contributed by atoms with van der Waals surface area (Å²) >= 11 is 5.88. The molecule has 2 heterocycles. The summed E-state index contributed by atoms with van der Waals surface area (Å²) in [6, 6.07) is 6.86. The molecule has 9 heteroatoms. The van der Waals surface area contributed by atoms with E-state index in [1.54, 1.807) is 31.3 Å². The largest absolute Gasteiger partial charge is 0.329 e. The van der Waals surface area contributed by atoms with Crippen molar-refractivity contribution in [2.75, 3.05) is 0 Å². The topological polar surface area (TPSA) is 97.4 Å². The molecule has 3 aromatic rings. The number of fused-ring (bicyclic) bond motifs is 1. The second kappa shape index (κ2) is 5.23. The number of aromatic amines is 1. The highest BCUT2D eigenvalue weighted by atomic mass is 35.5. The second-order valence-electron chi connectivity index (χ2n) is 4.64. The van der Waals surface area contributed by atoms with Crippen LogP contribution >= 0.6 is 11.6 Å². The van der Waals surface area contributed by atoms with Gasteiger partial charge in [0.25, 0.3) is 11.5 Å². The summed E-state index contributed by atoms with van der Waals surface area (Å²) in [5.74, 6) is 0.210. The molecule has 0 aliphatic carbocycles. The predicted octanol–water partition coefficient (Wildman–Crippen LogP) is 2.03. The molecule has 1 aromatic carbocycles. The van der Waals surface area contributed by atoms with Gasteiger partial charge in [-0.25, -0.2) is 4.79 Å². The summed E-state index contributed by atoms with van der Waals surface area (Å²) in [6.45, 7) is 0. The minimum Gasteiger partial charge on any atom is -0.304 e. The zero-order valence-electron chi connectivity index (χ0n) is 11.7. The van der Waals surface area contributed by atoms with E-state index < -0.39 is 11.2 Å². The number of nitrogens with zero attached hydrogens (tertiary/aromatic N) is 5. The van der Waals surface area contributed by atoms with Crippen molar-refractivity contribution in [1.82, 2.24) is 19.1 Å². The lowest BCUT2D eigenvalue weighted by atomic mass is 10.3. The number of H-pyrrole nitrogens is 1. The summed E-state index contributed by atoms with van der Waals surface area (Å²) < 4.78 is 2.72. The van der Waals surface area contributed by atoms with Crippen molar-refractivity contribution in [3.63, 3.8) is 0 Å². The van der Waals surface area contributed by atoms with Gasteiger partial charge in [-0.05, 0) is 18.2 Å². The molecular formula is C13H11ClN6O2. The Morgan fingerprint density at radius 2 is 1.95 bits per heavy atom. The molecule has 1 N–H and O–H groups in total. The fourth-order valence-electron chi connectivity index (χ4n) is 2.03. The molecule has 0 saturated carbocycles. The van der Waals surface area contributed by atoms with Crippen molar-refractivity contribution in [1.29, 1.82) is 0 Å². The normalized spacial score (nSPS) is 11.6. The zero-order chi connectivity index (χ0) is 15.9. The van der Waals surface area contributed by atoms with Gasteiger partial charge >= 0.3 is 5.69 Å². The number of imidazole rings is 1. The Morgan fingerprint density at radius 1 is 1.18 bits per heavy atom. The van der Waals surface area contributed by atoms with Crippen LogP contribution in [0, 0.1) is 0 Å². The molecule has 2 aromatic heterocycles. The molecule has 0 aliphatic rings. The SMILES string of the molecule is Cn1c(N=Nc2cccc(Cl)c2)nc2c1c(=O)[nH]c(=O)n2C. The first kappa shape index (κ1) is 14.2. The maximum absolute atomic E-state index is 11.9. The van der Waals surface area contributed by atoms with Gasteiger partial charge in [-0.15, -0.1) is 10.2 Å². The van der Waals surface area contributed by atoms with E-state index in [-0.39, 0.29) is 17.1 Å². The molecule has 0 fully saturated rings. The fraction of sp³-hybridized carbons (Fsp3) is 0.154. The third-order valence-corrected chi connectivity index (χ3v) is 3.41. The highest BCUT2D eigenvalue weighted by Crippen LogP contribution is 2.22. The van der Waals surface area contributed by atoms with E-state index >= 15 is 0 Å². The van der Waals surface area contributed by atoms with Crippen molar-refractivity contribution in [3.05, 3.63) is 50.1 Å². The van der Waals surface area contributed by atoms with Gasteiger partial charge in [0.1, 0.15) is 0 Å². The van der Waals surface area contributed by atoms with Crippen LogP contribution in [0.1, 0.15) is 0 Å². The lowest BCUT2D eigenvalue weighted by Crippen LogP contribution is -2.29. The predicted molar refractivity (Wildman–Crippen MR) is 82.2 cm³/mol. The Labute approximate surface area is 128 Å². The Hall–Kier alpha value is -2.74. The molecule has 0 spiro atoms. The second-order valence-corrected chi connectivity index (χ2v) is 5.08. The highest BCUT2D eigenvalue weighted by Gasteiger charge is 2.14. The summed E-state index contributed by atoms with van der Waals surface area (Å²) in [4.78, 5) is 29.9. The van der Waals surface area contributed by atoms with Gasteiger partial charge in [-0.1, -0.05) is 17.7 Å². The minimum atomic E-state index is -0.533. The number of benzene rings is 1. The number of hydrogen-bond acceptors (Lipinski definition) is 5. The van der Waals surface area contributed by atoms with Gasteiger partial charge in [0.2, 0.25) is 0 Å². The van der Waals surface area contributed by atoms with E-state index in [2.05, 4.69) is 20.2 Å². The number of halogens is 1. The van der Waals surface area contributed by atoms with Gasteiger partial charge in [0.15, 0.2) is 11.2 Å². The van der Waals surface area contributed by atoms with Crippen molar-refractivity contribution in [2.24, 2.45) is 24.3 Å². The molecule has 0 bridgehead atoms. The van der Waals surface area contributed by atoms with E-state index in [1.807, 2.05) is 0 Å². The van der Waals surface area contributed by atoms with Crippen LogP contribution in [0.15, 0.2) is 44.1 Å². The number of nitrogens with one attached hydrogen (secondary N) is 1. The maximum Gasteiger partial charge on any atom is 0.329 e. The average molecular weight is 319 g/mol. The molecule has 0 radical (unpaired) electrons. The third kappa shape index (κ3) is 2.33. The van der Waals surface area contributed by atoms with E-state index in [9.17, 15) is 9.59 Å². The van der Waals surface area contributed by atoms with Crippen LogP contribution in [0.5, 0.6) is 0 Å². The number of rotatable bonds is 2. The summed E-state index contributed by atoms with van der Waals surface area (Å²) in [6.07, 6.45) is 0. The standard InChI is InChI=1S/C13H11ClN6O2/c1-19-9-10(20(2)13(22)16-11(9)21)15-12(19)18-17-8-5-3-4-7(14)6-8/h3-6H,1-2H3,(H,16,21,22). The summed E-state index contributed by atoms with van der Waals surface area (Å²) in [5, 5.41) is 8.59. The first-order chi connectivity index (χ1) is 10.5. The monoisotopic (exact) mass is 318 g/mol. The molecule has 8 nitrogen and oxygen atoms in total. The van der Waals surface area contributed by atoms with Crippen molar-refractivity contribution in [2.45, 2.75) is 0 Å². The smallest absolute Gasteiger partial charge is 0.304 e. The quantitative estimate of drug-likeness (QED) is 0.732. The lowest BCUT2D eigenvalue weighted by Gasteiger charge is -1.97. The van der Waals surface area contributed by atoms with Crippen molar-refractivity contribution < 1.29 is 0 Å². The van der Waals surface area contributed by atoms with Crippen LogP contribution in [0.25, 0.3) is 11.2 Å². The number of aromatic nitrogens is 4. The molecule has 3 rings (SSSR count). The molecule has 22 heavy (non-hydrogen) atoms. The van der Waals surface area contributed by atoms with Gasteiger partial charge in [-0.3, -0.25) is 14.3 Å². The molecule has 0 atom stereocenters. The van der Waals surface area contributed by atoms with E-state index in [1.165, 1.54) is 16.2 Å². The summed E-state index contributed by atoms with van der Waals surface area (Å²) in [7, 11) is 3.15. The molecule has 0 aliphatic heterocycles. The lowest BCUT2D eigenvalue weighted by molar-refractivity contribution is 0.829. The average Bonchev–Trinajstić information content (AvgIpc) is 2.80. The van der Waals surface area contributed by atoms with E-state index in [0.29, 0.717) is 10.7 Å². The van der Waals surface area contributed by atoms with Crippen LogP contribution < -0.4 is 11.2 Å². The van der Waals surface area contributed by atoms with E-state index in [4.69, 9.17) is 11.6 Å². The van der Waals surface area contributed by atoms with Gasteiger partial charge < -0.3 is 4.57 Å². The van der Waals surface area contributed by atoms with Crippen LogP contribution in [0.2, 0.25) is 5.02 Å². The summed E-state index contributed by atoms with van der Waals surface area (Å²) in [5.41, 5.74) is 0.00651. The molecule has 112 valence electrons. The van der Waals surface area contributed by atoms with Gasteiger partial charge in [0, 0.05) is 19.1 Å². The third-order valence-electron chi connectivity index (χ3n) is 3.17. The van der Waals surface area contributed by atoms with Crippen LogP contribution in [-0.2, 0) is 14.1 Å². The zero-order valence-corrected chi connectivity index (χ0v) is 12.5. The Balaban J connectivity index is 2.15. The van der Waals surface area contributed by atoms with Gasteiger partial charge in [0.05, 0.1) is 5.69 Å². The molecular weight excluding hydrogens is 308 g/mol. The first-order valence-electron chi connectivity index (χ1n) is 6.30. The number of azo groups is 1. The van der Waals surface area contributed by atoms with Crippen molar-refractivity contribution in [3.8, 4) is 0 Å². The molecule has 0 amide bonds. The van der Waals surface area contributed by atoms with Crippen LogP contribution in [-0.4, -0.2) is 19.1 Å². The highest BCUT2D eigenvalue weighted by molar-refractivity contribution is 6.30. The van der Waals surface area contributed by atoms with Gasteiger partial charge in [-0.2, -0.15) is 4.98 Å². The van der Waals surface area contributed by atoms with Crippen LogP contribution in [0.3, 0.4) is 0 Å². The molecule has 0 saturated heterocycles. The molecule has 0 unspecified atom stereocenters. The Bertz CT molecular complexity index is 1010. The van der Waals surface area contributed by atoms with Crippen molar-refractivity contribution >= 4 is 34.4 Å².